The molecule has 2 aromatic heterocycles. The molecule has 0 N–H and O–H groups in total. The molecule has 0 atom stereocenters. The highest BCUT2D eigenvalue weighted by Crippen LogP contribution is 2.11. The Hall–Kier alpha value is -2.34. The molecule has 122 valence electrons. The summed E-state index contributed by atoms with van der Waals surface area (Å²) in [5, 5.41) is 4.01. The fourth-order valence-corrected chi connectivity index (χ4v) is 2.65. The minimum Gasteiger partial charge on any atom is -0.462 e. The van der Waals surface area contributed by atoms with Crippen molar-refractivity contribution in [1.82, 2.24) is 15.0 Å². The van der Waals surface area contributed by atoms with Gasteiger partial charge in [-0.25, -0.2) is 0 Å². The van der Waals surface area contributed by atoms with E-state index < -0.39 is 0 Å². The monoisotopic (exact) mass is 315 g/mol. The van der Waals surface area contributed by atoms with Crippen LogP contribution in [0.4, 0.5) is 0 Å². The largest absolute Gasteiger partial charge is 0.462 e. The molecule has 0 saturated carbocycles. The zero-order valence-corrected chi connectivity index (χ0v) is 13.5. The Bertz CT molecular complexity index is 694. The van der Waals surface area contributed by atoms with Gasteiger partial charge in [-0.05, 0) is 32.1 Å². The highest BCUT2D eigenvalue weighted by Gasteiger charge is 2.20. The van der Waals surface area contributed by atoms with E-state index >= 15 is 0 Å². The lowest BCUT2D eigenvalue weighted by Gasteiger charge is -2.33. The van der Waals surface area contributed by atoms with Crippen molar-refractivity contribution in [3.05, 3.63) is 47.2 Å². The smallest absolute Gasteiger partial charge is 0.246 e. The number of piperazine rings is 1. The maximum Gasteiger partial charge on any atom is 0.246 e. The van der Waals surface area contributed by atoms with E-state index in [0.29, 0.717) is 5.76 Å². The number of rotatable bonds is 4. The van der Waals surface area contributed by atoms with Crippen molar-refractivity contribution in [2.24, 2.45) is 0 Å². The van der Waals surface area contributed by atoms with Crippen molar-refractivity contribution in [3.63, 3.8) is 0 Å². The van der Waals surface area contributed by atoms with E-state index in [0.717, 1.165) is 49.9 Å². The molecule has 3 heterocycles. The second kappa shape index (κ2) is 6.83. The van der Waals surface area contributed by atoms with E-state index in [1.807, 2.05) is 36.9 Å². The second-order valence-electron chi connectivity index (χ2n) is 5.81. The predicted molar refractivity (Wildman–Crippen MR) is 85.6 cm³/mol. The number of hydrogen-bond acceptors (Lipinski definition) is 5. The van der Waals surface area contributed by atoms with Gasteiger partial charge in [0.05, 0.1) is 5.69 Å². The Morgan fingerprint density at radius 2 is 2.00 bits per heavy atom. The fourth-order valence-electron chi connectivity index (χ4n) is 2.65. The summed E-state index contributed by atoms with van der Waals surface area (Å²) in [6, 6.07) is 5.69. The lowest BCUT2D eigenvalue weighted by atomic mass is 10.2. The SMILES string of the molecule is Cc1cc(CN2CCN(C(=O)/C=C/c3ccc(C)o3)CC2)no1. The first kappa shape index (κ1) is 15.6. The number of aryl methyl sites for hydroxylation is 2. The molecule has 2 aromatic rings. The zero-order chi connectivity index (χ0) is 16.2. The molecule has 6 heteroatoms. The second-order valence-corrected chi connectivity index (χ2v) is 5.81. The minimum absolute atomic E-state index is 0.0241. The van der Waals surface area contributed by atoms with Crippen LogP contribution in [0.3, 0.4) is 0 Å². The summed E-state index contributed by atoms with van der Waals surface area (Å²) in [6.45, 7) is 7.65. The third-order valence-electron chi connectivity index (χ3n) is 3.90. The van der Waals surface area contributed by atoms with Gasteiger partial charge in [0.25, 0.3) is 0 Å². The summed E-state index contributed by atoms with van der Waals surface area (Å²) in [7, 11) is 0. The normalized spacial score (nSPS) is 16.3. The standard InChI is InChI=1S/C17H21N3O3/c1-13-3-4-16(22-13)5-6-17(21)20-9-7-19(8-10-20)12-15-11-14(2)23-18-15/h3-6,11H,7-10,12H2,1-2H3/b6-5+. The summed E-state index contributed by atoms with van der Waals surface area (Å²) >= 11 is 0. The number of carbonyl (C=O) groups is 1. The van der Waals surface area contributed by atoms with E-state index in [1.54, 1.807) is 12.2 Å². The van der Waals surface area contributed by atoms with Crippen LogP contribution in [-0.4, -0.2) is 47.0 Å². The lowest BCUT2D eigenvalue weighted by Crippen LogP contribution is -2.47. The topological polar surface area (TPSA) is 62.7 Å². The van der Waals surface area contributed by atoms with Gasteiger partial charge in [0.2, 0.25) is 5.91 Å². The van der Waals surface area contributed by atoms with Crippen LogP contribution in [-0.2, 0) is 11.3 Å². The molecule has 1 aliphatic heterocycles. The molecule has 0 unspecified atom stereocenters. The minimum atomic E-state index is 0.0241. The lowest BCUT2D eigenvalue weighted by molar-refractivity contribution is -0.127. The molecule has 1 fully saturated rings. The first-order valence-electron chi connectivity index (χ1n) is 7.78. The van der Waals surface area contributed by atoms with Crippen LogP contribution in [0.1, 0.15) is 23.0 Å². The highest BCUT2D eigenvalue weighted by atomic mass is 16.5. The molecular weight excluding hydrogens is 294 g/mol. The molecule has 1 aliphatic rings. The Morgan fingerprint density at radius 3 is 2.61 bits per heavy atom. The van der Waals surface area contributed by atoms with Crippen molar-refractivity contribution >= 4 is 12.0 Å². The predicted octanol–water partition coefficient (Wildman–Crippen LogP) is 2.24. The van der Waals surface area contributed by atoms with Crippen molar-refractivity contribution in [1.29, 1.82) is 0 Å². The molecule has 1 saturated heterocycles. The average Bonchev–Trinajstić information content (AvgIpc) is 3.14. The van der Waals surface area contributed by atoms with Crippen LogP contribution < -0.4 is 0 Å². The Labute approximate surface area is 135 Å². The molecule has 0 radical (unpaired) electrons. The molecule has 1 amide bonds. The van der Waals surface area contributed by atoms with E-state index in [-0.39, 0.29) is 5.91 Å². The Kier molecular flexibility index (Phi) is 4.62. The molecule has 0 spiro atoms. The average molecular weight is 315 g/mol. The molecular formula is C17H21N3O3. The quantitative estimate of drug-likeness (QED) is 0.810. The summed E-state index contributed by atoms with van der Waals surface area (Å²) in [5.41, 5.74) is 0.940. The molecule has 3 rings (SSSR count). The van der Waals surface area contributed by atoms with E-state index in [4.69, 9.17) is 8.94 Å². The van der Waals surface area contributed by atoms with Gasteiger partial charge in [-0.1, -0.05) is 5.16 Å². The first-order valence-corrected chi connectivity index (χ1v) is 7.78. The Balaban J connectivity index is 1.48. The third kappa shape index (κ3) is 4.10. The van der Waals surface area contributed by atoms with Gasteiger partial charge in [-0.3, -0.25) is 9.69 Å². The number of furan rings is 1. The van der Waals surface area contributed by atoms with Crippen LogP contribution in [0.5, 0.6) is 0 Å². The van der Waals surface area contributed by atoms with Crippen molar-refractivity contribution < 1.29 is 13.7 Å². The van der Waals surface area contributed by atoms with Gasteiger partial charge >= 0.3 is 0 Å². The number of carbonyl (C=O) groups excluding carboxylic acids is 1. The number of amides is 1. The van der Waals surface area contributed by atoms with E-state index in [9.17, 15) is 4.79 Å². The molecule has 23 heavy (non-hydrogen) atoms. The van der Waals surface area contributed by atoms with Crippen LogP contribution in [0.25, 0.3) is 6.08 Å². The maximum absolute atomic E-state index is 12.2. The van der Waals surface area contributed by atoms with Crippen molar-refractivity contribution in [2.75, 3.05) is 26.2 Å². The molecule has 0 bridgehead atoms. The van der Waals surface area contributed by atoms with Crippen LogP contribution in [0.2, 0.25) is 0 Å². The highest BCUT2D eigenvalue weighted by molar-refractivity contribution is 5.91. The van der Waals surface area contributed by atoms with Crippen LogP contribution in [0, 0.1) is 13.8 Å². The molecule has 6 nitrogen and oxygen atoms in total. The van der Waals surface area contributed by atoms with Crippen LogP contribution in [0.15, 0.2) is 33.2 Å². The van der Waals surface area contributed by atoms with E-state index in [2.05, 4.69) is 10.1 Å². The van der Waals surface area contributed by atoms with Gasteiger partial charge in [-0.15, -0.1) is 0 Å². The van der Waals surface area contributed by atoms with Crippen molar-refractivity contribution in [2.45, 2.75) is 20.4 Å². The fraction of sp³-hybridized carbons (Fsp3) is 0.412. The van der Waals surface area contributed by atoms with Gasteiger partial charge in [0, 0.05) is 44.9 Å². The number of aromatic nitrogens is 1. The molecule has 0 aliphatic carbocycles. The number of nitrogens with zero attached hydrogens (tertiary/aromatic N) is 3. The Morgan fingerprint density at radius 1 is 1.22 bits per heavy atom. The van der Waals surface area contributed by atoms with Gasteiger partial charge < -0.3 is 13.8 Å². The summed E-state index contributed by atoms with van der Waals surface area (Å²) in [6.07, 6.45) is 3.30. The molecule has 0 aromatic carbocycles. The van der Waals surface area contributed by atoms with Crippen LogP contribution >= 0.6 is 0 Å². The zero-order valence-electron chi connectivity index (χ0n) is 13.5. The third-order valence-corrected chi connectivity index (χ3v) is 3.90. The summed E-state index contributed by atoms with van der Waals surface area (Å²) in [5.74, 6) is 2.40. The van der Waals surface area contributed by atoms with Crippen molar-refractivity contribution in [3.8, 4) is 0 Å². The maximum atomic E-state index is 12.2. The first-order chi connectivity index (χ1) is 11.1. The summed E-state index contributed by atoms with van der Waals surface area (Å²) < 4.78 is 10.5. The summed E-state index contributed by atoms with van der Waals surface area (Å²) in [4.78, 5) is 16.3. The van der Waals surface area contributed by atoms with Gasteiger partial charge in [-0.2, -0.15) is 0 Å². The van der Waals surface area contributed by atoms with Gasteiger partial charge in [0.15, 0.2) is 0 Å². The van der Waals surface area contributed by atoms with E-state index in [1.165, 1.54) is 0 Å². The number of hydrogen-bond donors (Lipinski definition) is 0. The van der Waals surface area contributed by atoms with Gasteiger partial charge in [0.1, 0.15) is 17.3 Å².